The van der Waals surface area contributed by atoms with E-state index >= 15 is 0 Å². The molecule has 4 rings (SSSR count). The van der Waals surface area contributed by atoms with Crippen LogP contribution in [0, 0.1) is 11.7 Å². The Morgan fingerprint density at radius 1 is 1.14 bits per heavy atom. The van der Waals surface area contributed by atoms with Gasteiger partial charge in [-0.05, 0) is 87.8 Å². The van der Waals surface area contributed by atoms with Crippen molar-refractivity contribution < 1.29 is 12.8 Å². The number of rotatable bonds is 6. The van der Waals surface area contributed by atoms with Crippen molar-refractivity contribution in [3.05, 3.63) is 54.3 Å². The van der Waals surface area contributed by atoms with Gasteiger partial charge in [-0.1, -0.05) is 6.07 Å². The van der Waals surface area contributed by atoms with Gasteiger partial charge in [0.15, 0.2) is 0 Å². The molecule has 5 nitrogen and oxygen atoms in total. The normalized spacial score (nSPS) is 16.3. The fourth-order valence-electron chi connectivity index (χ4n) is 3.89. The molecule has 0 amide bonds. The van der Waals surface area contributed by atoms with Crippen LogP contribution in [0.1, 0.15) is 19.3 Å². The molecule has 1 aromatic heterocycles. The molecular formula is C22H26FN3O2S. The summed E-state index contributed by atoms with van der Waals surface area (Å²) in [4.78, 5) is 5.47. The average Bonchev–Trinajstić information content (AvgIpc) is 3.14. The van der Waals surface area contributed by atoms with Crippen molar-refractivity contribution in [2.45, 2.75) is 29.2 Å². The minimum atomic E-state index is -3.71. The first-order valence-corrected chi connectivity index (χ1v) is 11.5. The molecule has 1 aliphatic rings. The Morgan fingerprint density at radius 3 is 2.72 bits per heavy atom. The Kier molecular flexibility index (Phi) is 5.61. The number of piperidine rings is 1. The van der Waals surface area contributed by atoms with Crippen molar-refractivity contribution in [1.29, 1.82) is 0 Å². The Labute approximate surface area is 170 Å². The second kappa shape index (κ2) is 8.16. The second-order valence-electron chi connectivity index (χ2n) is 7.86. The molecule has 3 aromatic rings. The van der Waals surface area contributed by atoms with Gasteiger partial charge in [0.05, 0.1) is 4.90 Å². The Morgan fingerprint density at radius 2 is 1.93 bits per heavy atom. The summed E-state index contributed by atoms with van der Waals surface area (Å²) in [6.07, 6.45) is 3.51. The molecule has 2 heterocycles. The minimum Gasteiger partial charge on any atom is -0.385 e. The van der Waals surface area contributed by atoms with Crippen molar-refractivity contribution in [3.8, 4) is 0 Å². The number of fused-ring (bicyclic) bond motifs is 1. The number of hydrogen-bond acceptors (Lipinski definition) is 4. The molecule has 0 radical (unpaired) electrons. The largest absolute Gasteiger partial charge is 0.385 e. The third kappa shape index (κ3) is 4.46. The van der Waals surface area contributed by atoms with E-state index in [4.69, 9.17) is 0 Å². The molecule has 1 fully saturated rings. The molecule has 0 spiro atoms. The van der Waals surface area contributed by atoms with Crippen molar-refractivity contribution in [1.82, 2.24) is 9.88 Å². The topological polar surface area (TPSA) is 65.2 Å². The lowest BCUT2D eigenvalue weighted by Crippen LogP contribution is -2.30. The third-order valence-electron chi connectivity index (χ3n) is 5.71. The van der Waals surface area contributed by atoms with Crippen LogP contribution in [-0.2, 0) is 9.84 Å². The first kappa shape index (κ1) is 19.9. The van der Waals surface area contributed by atoms with Crippen LogP contribution < -0.4 is 5.32 Å². The van der Waals surface area contributed by atoms with Gasteiger partial charge in [-0.2, -0.15) is 0 Å². The van der Waals surface area contributed by atoms with Crippen molar-refractivity contribution in [2.75, 3.05) is 32.0 Å². The second-order valence-corrected chi connectivity index (χ2v) is 9.78. The zero-order chi connectivity index (χ0) is 20.4. The van der Waals surface area contributed by atoms with E-state index in [1.54, 1.807) is 24.3 Å². The summed E-state index contributed by atoms with van der Waals surface area (Å²) in [5.74, 6) is 0.327. The number of H-pyrrole nitrogens is 1. The number of likely N-dealkylation sites (tertiary alicyclic amines) is 1. The SMILES string of the molecule is CN1CCC(CCNc2cccc(S(=O)(=O)c3cc4cc(F)ccc4[nH]3)c2)CC1. The van der Waals surface area contributed by atoms with Gasteiger partial charge in [-0.15, -0.1) is 0 Å². The lowest BCUT2D eigenvalue weighted by molar-refractivity contribution is 0.215. The van der Waals surface area contributed by atoms with Crippen LogP contribution in [0.15, 0.2) is 58.5 Å². The van der Waals surface area contributed by atoms with E-state index in [1.807, 2.05) is 6.07 Å². The molecule has 0 saturated carbocycles. The zero-order valence-electron chi connectivity index (χ0n) is 16.5. The average molecular weight is 416 g/mol. The summed E-state index contributed by atoms with van der Waals surface area (Å²) < 4.78 is 39.5. The summed E-state index contributed by atoms with van der Waals surface area (Å²) in [5, 5.41) is 3.97. The van der Waals surface area contributed by atoms with Crippen molar-refractivity contribution in [2.24, 2.45) is 5.92 Å². The van der Waals surface area contributed by atoms with Crippen molar-refractivity contribution in [3.63, 3.8) is 0 Å². The quantitative estimate of drug-likeness (QED) is 0.631. The summed E-state index contributed by atoms with van der Waals surface area (Å²) in [7, 11) is -1.55. The van der Waals surface area contributed by atoms with Crippen LogP contribution in [0.5, 0.6) is 0 Å². The predicted molar refractivity (Wildman–Crippen MR) is 113 cm³/mol. The van der Waals surface area contributed by atoms with Gasteiger partial charge >= 0.3 is 0 Å². The first-order valence-electron chi connectivity index (χ1n) is 9.98. The number of anilines is 1. The highest BCUT2D eigenvalue weighted by molar-refractivity contribution is 7.91. The van der Waals surface area contributed by atoms with Gasteiger partial charge in [-0.25, -0.2) is 12.8 Å². The molecule has 2 aromatic carbocycles. The van der Waals surface area contributed by atoms with E-state index in [1.165, 1.54) is 31.0 Å². The predicted octanol–water partition coefficient (Wildman–Crippen LogP) is 4.28. The van der Waals surface area contributed by atoms with Crippen LogP contribution in [-0.4, -0.2) is 45.0 Å². The highest BCUT2D eigenvalue weighted by Crippen LogP contribution is 2.27. The van der Waals surface area contributed by atoms with E-state index in [0.717, 1.165) is 37.7 Å². The van der Waals surface area contributed by atoms with E-state index in [2.05, 4.69) is 22.2 Å². The highest BCUT2D eigenvalue weighted by Gasteiger charge is 2.21. The number of halogens is 1. The van der Waals surface area contributed by atoms with Crippen LogP contribution in [0.25, 0.3) is 10.9 Å². The smallest absolute Gasteiger partial charge is 0.221 e. The lowest BCUT2D eigenvalue weighted by atomic mass is 9.94. The third-order valence-corrected chi connectivity index (χ3v) is 7.39. The van der Waals surface area contributed by atoms with Gasteiger partial charge < -0.3 is 15.2 Å². The maximum atomic E-state index is 13.4. The number of benzene rings is 2. The maximum absolute atomic E-state index is 13.4. The van der Waals surface area contributed by atoms with E-state index in [0.29, 0.717) is 10.9 Å². The summed E-state index contributed by atoms with van der Waals surface area (Å²) >= 11 is 0. The molecule has 2 N–H and O–H groups in total. The van der Waals surface area contributed by atoms with Crippen LogP contribution >= 0.6 is 0 Å². The van der Waals surface area contributed by atoms with E-state index < -0.39 is 15.7 Å². The summed E-state index contributed by atoms with van der Waals surface area (Å²) in [5.41, 5.74) is 1.39. The first-order chi connectivity index (χ1) is 13.9. The van der Waals surface area contributed by atoms with Gasteiger partial charge in [0.25, 0.3) is 0 Å². The molecule has 1 saturated heterocycles. The Balaban J connectivity index is 1.46. The monoisotopic (exact) mass is 415 g/mol. The van der Waals surface area contributed by atoms with Crippen LogP contribution in [0.2, 0.25) is 0 Å². The van der Waals surface area contributed by atoms with Gasteiger partial charge in [0.1, 0.15) is 10.8 Å². The number of aromatic amines is 1. The molecule has 0 unspecified atom stereocenters. The summed E-state index contributed by atoms with van der Waals surface area (Å²) in [6, 6.07) is 12.5. The van der Waals surface area contributed by atoms with E-state index in [-0.39, 0.29) is 9.92 Å². The Hall–Kier alpha value is -2.38. The summed E-state index contributed by atoms with van der Waals surface area (Å²) in [6.45, 7) is 3.11. The van der Waals surface area contributed by atoms with Crippen LogP contribution in [0.4, 0.5) is 10.1 Å². The van der Waals surface area contributed by atoms with Gasteiger partial charge in [-0.3, -0.25) is 0 Å². The molecule has 1 aliphatic heterocycles. The fourth-order valence-corrected chi connectivity index (χ4v) is 5.21. The molecule has 0 aliphatic carbocycles. The van der Waals surface area contributed by atoms with Gasteiger partial charge in [0.2, 0.25) is 9.84 Å². The lowest BCUT2D eigenvalue weighted by Gasteiger charge is -2.29. The van der Waals surface area contributed by atoms with Crippen LogP contribution in [0.3, 0.4) is 0 Å². The Bertz CT molecular complexity index is 1100. The van der Waals surface area contributed by atoms with Gasteiger partial charge in [0, 0.05) is 23.1 Å². The zero-order valence-corrected chi connectivity index (χ0v) is 17.3. The maximum Gasteiger partial charge on any atom is 0.221 e. The number of nitrogens with zero attached hydrogens (tertiary/aromatic N) is 1. The minimum absolute atomic E-state index is 0.0709. The van der Waals surface area contributed by atoms with Crippen molar-refractivity contribution >= 4 is 26.4 Å². The fraction of sp³-hybridized carbons (Fsp3) is 0.364. The standard InChI is InChI=1S/C22H26FN3O2S/c1-26-11-8-16(9-12-26)7-10-24-19-3-2-4-20(15-19)29(27,28)22-14-17-13-18(23)5-6-21(17)25-22/h2-6,13-16,24-25H,7-12H2,1H3. The number of aromatic nitrogens is 1. The molecular weight excluding hydrogens is 389 g/mol. The number of nitrogens with one attached hydrogen (secondary N) is 2. The molecule has 154 valence electrons. The molecule has 0 atom stereocenters. The molecule has 29 heavy (non-hydrogen) atoms. The molecule has 0 bridgehead atoms. The molecule has 7 heteroatoms. The highest BCUT2D eigenvalue weighted by atomic mass is 32.2. The number of hydrogen-bond donors (Lipinski definition) is 2. The number of sulfone groups is 1. The van der Waals surface area contributed by atoms with E-state index in [9.17, 15) is 12.8 Å².